The molecule has 1 heterocycles. The van der Waals surface area contributed by atoms with E-state index < -0.39 is 30.0 Å². The van der Waals surface area contributed by atoms with Crippen LogP contribution in [0.5, 0.6) is 0 Å². The lowest BCUT2D eigenvalue weighted by Gasteiger charge is -2.02. The minimum absolute atomic E-state index is 0.417. The predicted octanol–water partition coefficient (Wildman–Crippen LogP) is -2.46. The Bertz CT molecular complexity index is 385. The third-order valence-corrected chi connectivity index (χ3v) is 1.39. The fourth-order valence-electron chi connectivity index (χ4n) is 0.713. The molecule has 8 heteroatoms. The maximum Gasteiger partial charge on any atom is 0.442 e. The Kier molecular flexibility index (Phi) is 2.33. The van der Waals surface area contributed by atoms with Crippen LogP contribution >= 0.6 is 0 Å². The number of aromatic amines is 1. The molecule has 13 heavy (non-hydrogen) atoms. The van der Waals surface area contributed by atoms with Crippen LogP contribution in [0.4, 0.5) is 0 Å². The highest BCUT2D eigenvalue weighted by atomic mass is 16.5. The second-order valence-corrected chi connectivity index (χ2v) is 2.33. The lowest BCUT2D eigenvalue weighted by atomic mass is 10.3. The molecule has 1 rings (SSSR count). The number of aliphatic carboxylic acids is 1. The molecule has 4 N–H and O–H groups in total. The Labute approximate surface area is 70.5 Å². The second-order valence-electron chi connectivity index (χ2n) is 2.33. The Morgan fingerprint density at radius 3 is 2.69 bits per heavy atom. The van der Waals surface area contributed by atoms with Gasteiger partial charge in [0.1, 0.15) is 6.04 Å². The van der Waals surface area contributed by atoms with Crippen molar-refractivity contribution in [1.29, 1.82) is 0 Å². The van der Waals surface area contributed by atoms with Gasteiger partial charge in [-0.25, -0.2) is 14.2 Å². The molecule has 0 aromatic carbocycles. The number of carboxylic acid groups (broad SMARTS) is 1. The van der Waals surface area contributed by atoms with E-state index >= 15 is 0 Å². The molecule has 0 amide bonds. The van der Waals surface area contributed by atoms with Gasteiger partial charge < -0.3 is 15.4 Å². The largest absolute Gasteiger partial charge is 0.480 e. The molecule has 72 valence electrons. The van der Waals surface area contributed by atoms with Gasteiger partial charge in [0.2, 0.25) is 0 Å². The molecule has 8 nitrogen and oxygen atoms in total. The Morgan fingerprint density at radius 2 is 2.31 bits per heavy atom. The SMILES string of the molecule is N[C@@H](Cn1c(=O)[nH]oc1=O)C(=O)O. The number of nitrogens with one attached hydrogen (secondary N) is 1. The molecule has 1 aromatic heterocycles. The molecule has 0 radical (unpaired) electrons. The molecule has 1 aromatic rings. The highest BCUT2D eigenvalue weighted by Crippen LogP contribution is 1.81. The van der Waals surface area contributed by atoms with Crippen LogP contribution in [0.2, 0.25) is 0 Å². The van der Waals surface area contributed by atoms with Crippen LogP contribution in [-0.2, 0) is 11.3 Å². The first-order chi connectivity index (χ1) is 6.02. The normalized spacial score (nSPS) is 12.7. The van der Waals surface area contributed by atoms with Crippen LogP contribution in [0.3, 0.4) is 0 Å². The van der Waals surface area contributed by atoms with Crippen molar-refractivity contribution >= 4 is 5.97 Å². The summed E-state index contributed by atoms with van der Waals surface area (Å²) in [5.74, 6) is -2.26. The number of carbonyl (C=O) groups is 1. The smallest absolute Gasteiger partial charge is 0.442 e. The lowest BCUT2D eigenvalue weighted by molar-refractivity contribution is -0.138. The van der Waals surface area contributed by atoms with Gasteiger partial charge in [-0.3, -0.25) is 4.79 Å². The van der Waals surface area contributed by atoms with E-state index in [0.717, 1.165) is 0 Å². The summed E-state index contributed by atoms with van der Waals surface area (Å²) in [4.78, 5) is 31.7. The average Bonchev–Trinajstić information content (AvgIpc) is 2.35. The molecule has 0 saturated heterocycles. The van der Waals surface area contributed by atoms with Crippen molar-refractivity contribution in [1.82, 2.24) is 9.72 Å². The molecule has 0 aliphatic carbocycles. The Balaban J connectivity index is 2.92. The quantitative estimate of drug-likeness (QED) is 0.483. The molecule has 0 saturated carbocycles. The van der Waals surface area contributed by atoms with E-state index in [-0.39, 0.29) is 0 Å². The number of rotatable bonds is 3. The van der Waals surface area contributed by atoms with Gasteiger partial charge in [-0.1, -0.05) is 0 Å². The zero-order chi connectivity index (χ0) is 10.0. The number of hydrogen-bond donors (Lipinski definition) is 3. The summed E-state index contributed by atoms with van der Waals surface area (Å²) in [5, 5.41) is 10.1. The molecular weight excluding hydrogens is 182 g/mol. The van der Waals surface area contributed by atoms with Crippen molar-refractivity contribution in [2.75, 3.05) is 0 Å². The Hall–Kier alpha value is -1.83. The number of carboxylic acids is 1. The number of nitrogens with two attached hydrogens (primary N) is 1. The van der Waals surface area contributed by atoms with Crippen molar-refractivity contribution in [2.45, 2.75) is 12.6 Å². The van der Waals surface area contributed by atoms with Crippen molar-refractivity contribution in [3.63, 3.8) is 0 Å². The summed E-state index contributed by atoms with van der Waals surface area (Å²) >= 11 is 0. The van der Waals surface area contributed by atoms with Crippen molar-refractivity contribution in [3.05, 3.63) is 21.0 Å². The van der Waals surface area contributed by atoms with Gasteiger partial charge in [0, 0.05) is 0 Å². The molecule has 1 atom stereocenters. The van der Waals surface area contributed by atoms with Gasteiger partial charge in [-0.15, -0.1) is 0 Å². The average molecular weight is 189 g/mol. The van der Waals surface area contributed by atoms with Crippen LogP contribution in [0.1, 0.15) is 0 Å². The van der Waals surface area contributed by atoms with E-state index in [9.17, 15) is 14.4 Å². The first-order valence-electron chi connectivity index (χ1n) is 3.29. The monoisotopic (exact) mass is 189 g/mol. The zero-order valence-corrected chi connectivity index (χ0v) is 6.39. The van der Waals surface area contributed by atoms with Crippen LogP contribution in [0, 0.1) is 0 Å². The van der Waals surface area contributed by atoms with E-state index in [1.165, 1.54) is 0 Å². The molecule has 0 unspecified atom stereocenters. The predicted molar refractivity (Wildman–Crippen MR) is 39.2 cm³/mol. The lowest BCUT2D eigenvalue weighted by Crippen LogP contribution is -2.40. The summed E-state index contributed by atoms with van der Waals surface area (Å²) < 4.78 is 4.67. The summed E-state index contributed by atoms with van der Waals surface area (Å²) in [5.41, 5.74) is 4.27. The van der Waals surface area contributed by atoms with Crippen LogP contribution < -0.4 is 17.2 Å². The first kappa shape index (κ1) is 9.26. The van der Waals surface area contributed by atoms with Gasteiger partial charge in [0.15, 0.2) is 0 Å². The van der Waals surface area contributed by atoms with Crippen LogP contribution in [0.25, 0.3) is 0 Å². The molecule has 0 aliphatic heterocycles. The highest BCUT2D eigenvalue weighted by Gasteiger charge is 2.15. The molecule has 0 spiro atoms. The van der Waals surface area contributed by atoms with E-state index in [1.807, 2.05) is 0 Å². The first-order valence-corrected chi connectivity index (χ1v) is 3.29. The standard InChI is InChI=1S/C5H7N3O5/c6-2(3(9)10)1-8-4(11)7-13-5(8)12/h2H,1,6H2,(H,7,11)(H,9,10)/t2-/m0/s1. The van der Waals surface area contributed by atoms with Crippen molar-refractivity contribution in [3.8, 4) is 0 Å². The van der Waals surface area contributed by atoms with Gasteiger partial charge in [0.05, 0.1) is 6.54 Å². The van der Waals surface area contributed by atoms with E-state index in [1.54, 1.807) is 5.16 Å². The van der Waals surface area contributed by atoms with Gasteiger partial charge in [-0.05, 0) is 0 Å². The van der Waals surface area contributed by atoms with Gasteiger partial charge >= 0.3 is 17.4 Å². The molecular formula is C5H7N3O5. The van der Waals surface area contributed by atoms with Crippen LogP contribution in [0.15, 0.2) is 14.1 Å². The van der Waals surface area contributed by atoms with Crippen molar-refractivity contribution < 1.29 is 14.4 Å². The topological polar surface area (TPSA) is 131 Å². The van der Waals surface area contributed by atoms with E-state index in [4.69, 9.17) is 10.8 Å². The molecule has 0 fully saturated rings. The Morgan fingerprint density at radius 1 is 1.69 bits per heavy atom. The number of hydrogen-bond acceptors (Lipinski definition) is 5. The fraction of sp³-hybridized carbons (Fsp3) is 0.400. The molecule has 0 bridgehead atoms. The second kappa shape index (κ2) is 3.27. The maximum atomic E-state index is 10.8. The number of H-pyrrole nitrogens is 1. The van der Waals surface area contributed by atoms with E-state index in [0.29, 0.717) is 4.57 Å². The summed E-state index contributed by atoms with van der Waals surface area (Å²) in [7, 11) is 0. The van der Waals surface area contributed by atoms with Gasteiger partial charge in [0.25, 0.3) is 0 Å². The number of aromatic nitrogens is 2. The van der Waals surface area contributed by atoms with E-state index in [2.05, 4.69) is 4.52 Å². The third kappa shape index (κ3) is 1.85. The minimum Gasteiger partial charge on any atom is -0.480 e. The number of nitrogens with zero attached hydrogens (tertiary/aromatic N) is 1. The summed E-state index contributed by atoms with van der Waals surface area (Å²) in [6, 6.07) is -1.31. The fourth-order valence-corrected chi connectivity index (χ4v) is 0.713. The summed E-state index contributed by atoms with van der Waals surface area (Å²) in [6.07, 6.45) is 0. The highest BCUT2D eigenvalue weighted by molar-refractivity contribution is 5.72. The summed E-state index contributed by atoms with van der Waals surface area (Å²) in [6.45, 7) is -0.417. The minimum atomic E-state index is -1.31. The van der Waals surface area contributed by atoms with Crippen LogP contribution in [-0.4, -0.2) is 26.8 Å². The third-order valence-electron chi connectivity index (χ3n) is 1.39. The van der Waals surface area contributed by atoms with Gasteiger partial charge in [-0.2, -0.15) is 5.16 Å². The zero-order valence-electron chi connectivity index (χ0n) is 6.39. The molecule has 0 aliphatic rings. The maximum absolute atomic E-state index is 10.8. The van der Waals surface area contributed by atoms with Crippen molar-refractivity contribution in [2.24, 2.45) is 5.73 Å².